The highest BCUT2D eigenvalue weighted by molar-refractivity contribution is 14.1. The van der Waals surface area contributed by atoms with E-state index < -0.39 is 23.6 Å². The summed E-state index contributed by atoms with van der Waals surface area (Å²) in [6.45, 7) is 1.66. The SMILES string of the molecule is CCOC(=O)COc1ccc(/C=C(/C#N)C(=O)Nc2cccc(C(F)(F)F)c2)cc1I. The molecule has 0 heterocycles. The van der Waals surface area contributed by atoms with Crippen molar-refractivity contribution in [2.75, 3.05) is 18.5 Å². The molecule has 0 unspecified atom stereocenters. The van der Waals surface area contributed by atoms with Crippen molar-refractivity contribution in [1.29, 1.82) is 5.26 Å². The minimum absolute atomic E-state index is 0.0849. The van der Waals surface area contributed by atoms with Crippen molar-refractivity contribution in [3.8, 4) is 11.8 Å². The summed E-state index contributed by atoms with van der Waals surface area (Å²) in [6.07, 6.45) is -3.26. The second kappa shape index (κ2) is 10.8. The fraction of sp³-hybridized carbons (Fsp3) is 0.190. The number of nitriles is 1. The summed E-state index contributed by atoms with van der Waals surface area (Å²) in [5.41, 5.74) is -0.809. The fourth-order valence-electron chi connectivity index (χ4n) is 2.35. The number of alkyl halides is 3. The molecule has 10 heteroatoms. The van der Waals surface area contributed by atoms with E-state index >= 15 is 0 Å². The van der Waals surface area contributed by atoms with Crippen LogP contribution in [0.4, 0.5) is 18.9 Å². The van der Waals surface area contributed by atoms with Gasteiger partial charge in [0.25, 0.3) is 5.91 Å². The monoisotopic (exact) mass is 544 g/mol. The lowest BCUT2D eigenvalue weighted by Gasteiger charge is -2.10. The minimum Gasteiger partial charge on any atom is -0.481 e. The number of esters is 1. The van der Waals surface area contributed by atoms with Gasteiger partial charge in [-0.1, -0.05) is 12.1 Å². The van der Waals surface area contributed by atoms with Crippen LogP contribution in [-0.2, 0) is 20.5 Å². The maximum atomic E-state index is 12.8. The fourth-order valence-corrected chi connectivity index (χ4v) is 3.05. The average molecular weight is 544 g/mol. The van der Waals surface area contributed by atoms with Crippen LogP contribution >= 0.6 is 22.6 Å². The summed E-state index contributed by atoms with van der Waals surface area (Å²) in [6, 6.07) is 10.6. The second-order valence-corrected chi connectivity index (χ2v) is 7.15. The van der Waals surface area contributed by atoms with E-state index in [2.05, 4.69) is 5.32 Å². The third-order valence-electron chi connectivity index (χ3n) is 3.73. The Bertz CT molecular complexity index is 1050. The molecule has 2 aromatic carbocycles. The second-order valence-electron chi connectivity index (χ2n) is 5.99. The van der Waals surface area contributed by atoms with Gasteiger partial charge in [-0.25, -0.2) is 4.79 Å². The molecule has 2 rings (SSSR count). The maximum Gasteiger partial charge on any atom is 0.416 e. The molecule has 0 saturated carbocycles. The molecule has 0 fully saturated rings. The molecule has 0 saturated heterocycles. The number of nitrogens with one attached hydrogen (secondary N) is 1. The first-order valence-electron chi connectivity index (χ1n) is 8.82. The van der Waals surface area contributed by atoms with Crippen molar-refractivity contribution in [2.24, 2.45) is 0 Å². The van der Waals surface area contributed by atoms with Crippen molar-refractivity contribution < 1.29 is 32.2 Å². The lowest BCUT2D eigenvalue weighted by molar-refractivity contribution is -0.145. The number of benzene rings is 2. The smallest absolute Gasteiger partial charge is 0.416 e. The van der Waals surface area contributed by atoms with E-state index in [1.807, 2.05) is 22.6 Å². The number of carbonyl (C=O) groups is 2. The molecule has 0 bridgehead atoms. The van der Waals surface area contributed by atoms with E-state index in [0.29, 0.717) is 14.9 Å². The van der Waals surface area contributed by atoms with Gasteiger partial charge in [0.2, 0.25) is 0 Å². The normalized spacial score (nSPS) is 11.4. The Labute approximate surface area is 189 Å². The highest BCUT2D eigenvalue weighted by Crippen LogP contribution is 2.30. The Kier molecular flexibility index (Phi) is 8.44. The Morgan fingerprint density at radius 3 is 2.58 bits per heavy atom. The van der Waals surface area contributed by atoms with E-state index in [4.69, 9.17) is 9.47 Å². The maximum absolute atomic E-state index is 12.8. The number of rotatable bonds is 7. The van der Waals surface area contributed by atoms with Gasteiger partial charge in [0.05, 0.1) is 15.7 Å². The van der Waals surface area contributed by atoms with E-state index in [9.17, 15) is 28.0 Å². The predicted octanol–water partition coefficient (Wildman–Crippen LogP) is 4.80. The molecular formula is C21H16F3IN2O4. The van der Waals surface area contributed by atoms with Gasteiger partial charge in [0.15, 0.2) is 6.61 Å². The average Bonchev–Trinajstić information content (AvgIpc) is 2.71. The topological polar surface area (TPSA) is 88.4 Å². The van der Waals surface area contributed by atoms with Gasteiger partial charge >= 0.3 is 12.1 Å². The summed E-state index contributed by atoms with van der Waals surface area (Å²) >= 11 is 1.96. The summed E-state index contributed by atoms with van der Waals surface area (Å²) in [5.74, 6) is -0.947. The first-order valence-corrected chi connectivity index (χ1v) is 9.90. The van der Waals surface area contributed by atoms with Gasteiger partial charge in [-0.2, -0.15) is 18.4 Å². The lowest BCUT2D eigenvalue weighted by Crippen LogP contribution is -2.15. The quantitative estimate of drug-likeness (QED) is 0.234. The lowest BCUT2D eigenvalue weighted by atomic mass is 10.1. The van der Waals surface area contributed by atoms with Crippen molar-refractivity contribution in [3.63, 3.8) is 0 Å². The van der Waals surface area contributed by atoms with Crippen LogP contribution in [-0.4, -0.2) is 25.1 Å². The molecule has 2 aromatic rings. The largest absolute Gasteiger partial charge is 0.481 e. The van der Waals surface area contributed by atoms with E-state index in [-0.39, 0.29) is 24.5 Å². The third-order valence-corrected chi connectivity index (χ3v) is 4.57. The molecule has 1 N–H and O–H groups in total. The van der Waals surface area contributed by atoms with Gasteiger partial charge in [-0.3, -0.25) is 4.79 Å². The Morgan fingerprint density at radius 1 is 1.23 bits per heavy atom. The van der Waals surface area contributed by atoms with Crippen LogP contribution in [0.2, 0.25) is 0 Å². The van der Waals surface area contributed by atoms with Gasteiger partial charge in [0.1, 0.15) is 17.4 Å². The number of nitrogens with zero attached hydrogens (tertiary/aromatic N) is 1. The highest BCUT2D eigenvalue weighted by atomic mass is 127. The highest BCUT2D eigenvalue weighted by Gasteiger charge is 2.30. The molecule has 0 radical (unpaired) electrons. The molecule has 31 heavy (non-hydrogen) atoms. The Hall–Kier alpha value is -3.07. The summed E-state index contributed by atoms with van der Waals surface area (Å²) in [4.78, 5) is 23.7. The number of hydrogen-bond donors (Lipinski definition) is 1. The number of halogens is 4. The standard InChI is InChI=1S/C21H16F3IN2O4/c1-2-30-19(28)12-31-18-7-6-13(9-17(18)25)8-14(11-26)20(29)27-16-5-3-4-15(10-16)21(22,23)24/h3-10H,2,12H2,1H3,(H,27,29)/b14-8-. The molecule has 0 aliphatic rings. The zero-order chi connectivity index (χ0) is 23.0. The van der Waals surface area contributed by atoms with Crippen LogP contribution in [0, 0.1) is 14.9 Å². The molecule has 0 aliphatic carbocycles. The van der Waals surface area contributed by atoms with E-state index in [1.165, 1.54) is 12.1 Å². The zero-order valence-corrected chi connectivity index (χ0v) is 18.3. The summed E-state index contributed by atoms with van der Waals surface area (Å²) in [5, 5.41) is 11.6. The van der Waals surface area contributed by atoms with Gasteiger partial charge in [-0.15, -0.1) is 0 Å². The molecule has 1 amide bonds. The molecular weight excluding hydrogens is 528 g/mol. The van der Waals surface area contributed by atoms with Crippen LogP contribution < -0.4 is 10.1 Å². The summed E-state index contributed by atoms with van der Waals surface area (Å²) < 4.78 is 49.2. The molecule has 162 valence electrons. The van der Waals surface area contributed by atoms with Crippen LogP contribution in [0.3, 0.4) is 0 Å². The van der Waals surface area contributed by atoms with E-state index in [1.54, 1.807) is 31.2 Å². The summed E-state index contributed by atoms with van der Waals surface area (Å²) in [7, 11) is 0. The van der Waals surface area contributed by atoms with Crippen LogP contribution in [0.1, 0.15) is 18.1 Å². The van der Waals surface area contributed by atoms with Gasteiger partial charge in [-0.05, 0) is 71.5 Å². The molecule has 0 atom stereocenters. The molecule has 0 spiro atoms. The number of anilines is 1. The van der Waals surface area contributed by atoms with Crippen molar-refractivity contribution in [2.45, 2.75) is 13.1 Å². The number of hydrogen-bond acceptors (Lipinski definition) is 5. The Morgan fingerprint density at radius 2 is 1.97 bits per heavy atom. The third kappa shape index (κ3) is 7.29. The minimum atomic E-state index is -4.55. The van der Waals surface area contributed by atoms with Crippen LogP contribution in [0.15, 0.2) is 48.0 Å². The van der Waals surface area contributed by atoms with Crippen molar-refractivity contribution in [1.82, 2.24) is 0 Å². The van der Waals surface area contributed by atoms with Crippen LogP contribution in [0.25, 0.3) is 6.08 Å². The first kappa shape index (κ1) is 24.2. The number of amides is 1. The van der Waals surface area contributed by atoms with Gasteiger partial charge < -0.3 is 14.8 Å². The van der Waals surface area contributed by atoms with Crippen molar-refractivity contribution in [3.05, 3.63) is 62.7 Å². The first-order chi connectivity index (χ1) is 14.6. The predicted molar refractivity (Wildman–Crippen MR) is 115 cm³/mol. The van der Waals surface area contributed by atoms with Crippen molar-refractivity contribution >= 4 is 46.2 Å². The van der Waals surface area contributed by atoms with Crippen LogP contribution in [0.5, 0.6) is 5.75 Å². The number of ether oxygens (including phenoxy) is 2. The van der Waals surface area contributed by atoms with E-state index in [0.717, 1.165) is 18.2 Å². The molecule has 6 nitrogen and oxygen atoms in total. The van der Waals surface area contributed by atoms with Gasteiger partial charge in [0, 0.05) is 5.69 Å². The molecule has 0 aliphatic heterocycles. The molecule has 0 aromatic heterocycles. The zero-order valence-electron chi connectivity index (χ0n) is 16.1. The Balaban J connectivity index is 2.14. The number of carbonyl (C=O) groups excluding carboxylic acids is 2.